The summed E-state index contributed by atoms with van der Waals surface area (Å²) in [5.41, 5.74) is 2.83. The fourth-order valence-electron chi connectivity index (χ4n) is 2.68. The first-order chi connectivity index (χ1) is 13.2. The van der Waals surface area contributed by atoms with Crippen LogP contribution in [0.5, 0.6) is 0 Å². The summed E-state index contributed by atoms with van der Waals surface area (Å²) in [6.07, 6.45) is 1.56. The van der Waals surface area contributed by atoms with Gasteiger partial charge in [0.25, 0.3) is 5.91 Å². The van der Waals surface area contributed by atoms with Crippen molar-refractivity contribution in [3.8, 4) is 23.2 Å². The van der Waals surface area contributed by atoms with Gasteiger partial charge in [-0.2, -0.15) is 10.4 Å². The Hall–Kier alpha value is -4.11. The molecule has 6 nitrogen and oxygen atoms in total. The van der Waals surface area contributed by atoms with Crippen molar-refractivity contribution in [3.05, 3.63) is 90.3 Å². The lowest BCUT2D eigenvalue weighted by atomic mass is 10.2. The molecule has 2 heterocycles. The number of carbonyl (C=O) groups is 1. The molecule has 0 saturated heterocycles. The molecule has 0 radical (unpaired) electrons. The molecule has 0 aliphatic rings. The Kier molecular flexibility index (Phi) is 4.25. The van der Waals surface area contributed by atoms with E-state index in [1.165, 1.54) is 0 Å². The van der Waals surface area contributed by atoms with E-state index in [1.54, 1.807) is 53.4 Å². The quantitative estimate of drug-likeness (QED) is 0.593. The van der Waals surface area contributed by atoms with E-state index < -0.39 is 0 Å². The van der Waals surface area contributed by atoms with Gasteiger partial charge in [0.1, 0.15) is 11.4 Å². The second-order valence-corrected chi connectivity index (χ2v) is 5.78. The van der Waals surface area contributed by atoms with Crippen molar-refractivity contribution in [3.63, 3.8) is 0 Å². The van der Waals surface area contributed by atoms with Gasteiger partial charge in [-0.3, -0.25) is 4.79 Å². The summed E-state index contributed by atoms with van der Waals surface area (Å²) in [5, 5.41) is 16.3. The van der Waals surface area contributed by atoms with E-state index in [9.17, 15) is 4.79 Å². The molecule has 0 spiro atoms. The molecule has 0 aliphatic heterocycles. The number of nitrogens with one attached hydrogen (secondary N) is 1. The Morgan fingerprint density at radius 3 is 2.48 bits per heavy atom. The summed E-state index contributed by atoms with van der Waals surface area (Å²) in [6, 6.07) is 23.4. The summed E-state index contributed by atoms with van der Waals surface area (Å²) in [4.78, 5) is 12.9. The molecule has 4 rings (SSSR count). The molecule has 0 aliphatic carbocycles. The number of hydrogen-bond acceptors (Lipinski definition) is 4. The molecule has 1 N–H and O–H groups in total. The number of para-hydroxylation sites is 1. The Bertz CT molecular complexity index is 1110. The molecular formula is C21H14N4O2. The molecule has 6 heteroatoms. The van der Waals surface area contributed by atoms with Gasteiger partial charge in [-0.05, 0) is 48.5 Å². The van der Waals surface area contributed by atoms with Crippen molar-refractivity contribution in [2.75, 3.05) is 5.32 Å². The Labute approximate surface area is 155 Å². The van der Waals surface area contributed by atoms with Crippen LogP contribution in [0.4, 0.5) is 5.69 Å². The maximum Gasteiger partial charge on any atom is 0.274 e. The van der Waals surface area contributed by atoms with Crippen LogP contribution in [0, 0.1) is 11.3 Å². The number of aromatic nitrogens is 2. The summed E-state index contributed by atoms with van der Waals surface area (Å²) in [5.74, 6) is 0.269. The van der Waals surface area contributed by atoms with E-state index in [-0.39, 0.29) is 5.91 Å². The third kappa shape index (κ3) is 3.34. The van der Waals surface area contributed by atoms with Crippen molar-refractivity contribution in [2.45, 2.75) is 0 Å². The molecule has 130 valence electrons. The van der Waals surface area contributed by atoms with Crippen LogP contribution in [0.1, 0.15) is 16.1 Å². The lowest BCUT2D eigenvalue weighted by Gasteiger charge is -2.08. The third-order valence-corrected chi connectivity index (χ3v) is 3.99. The summed E-state index contributed by atoms with van der Waals surface area (Å²) in [6.45, 7) is 0. The van der Waals surface area contributed by atoms with Crippen LogP contribution in [0.2, 0.25) is 0 Å². The highest BCUT2D eigenvalue weighted by molar-refractivity contribution is 6.04. The molecule has 0 bridgehead atoms. The monoisotopic (exact) mass is 354 g/mol. The first kappa shape index (κ1) is 16.4. The first-order valence-electron chi connectivity index (χ1n) is 8.25. The van der Waals surface area contributed by atoms with Crippen molar-refractivity contribution >= 4 is 11.6 Å². The second-order valence-electron chi connectivity index (χ2n) is 5.78. The van der Waals surface area contributed by atoms with E-state index in [4.69, 9.17) is 9.68 Å². The lowest BCUT2D eigenvalue weighted by Crippen LogP contribution is -2.16. The maximum atomic E-state index is 12.9. The number of rotatable bonds is 4. The van der Waals surface area contributed by atoms with Gasteiger partial charge in [-0.1, -0.05) is 18.2 Å². The van der Waals surface area contributed by atoms with Crippen molar-refractivity contribution in [2.24, 2.45) is 0 Å². The smallest absolute Gasteiger partial charge is 0.274 e. The van der Waals surface area contributed by atoms with Crippen molar-refractivity contribution < 1.29 is 9.21 Å². The van der Waals surface area contributed by atoms with E-state index in [0.29, 0.717) is 28.4 Å². The van der Waals surface area contributed by atoms with E-state index in [1.807, 2.05) is 30.3 Å². The highest BCUT2D eigenvalue weighted by Crippen LogP contribution is 2.23. The predicted octanol–water partition coefficient (Wildman–Crippen LogP) is 4.26. The third-order valence-electron chi connectivity index (χ3n) is 3.99. The van der Waals surface area contributed by atoms with Crippen LogP contribution < -0.4 is 5.32 Å². The molecule has 1 amide bonds. The average molecular weight is 354 g/mol. The molecular weight excluding hydrogens is 340 g/mol. The number of carbonyl (C=O) groups excluding carboxylic acids is 1. The number of benzene rings is 2. The number of amides is 1. The fourth-order valence-corrected chi connectivity index (χ4v) is 2.68. The molecule has 0 atom stereocenters. The van der Waals surface area contributed by atoms with Crippen molar-refractivity contribution in [1.82, 2.24) is 9.78 Å². The Balaban J connectivity index is 1.71. The first-order valence-corrected chi connectivity index (χ1v) is 8.25. The molecule has 0 saturated carbocycles. The van der Waals surface area contributed by atoms with E-state index in [0.717, 1.165) is 5.69 Å². The Morgan fingerprint density at radius 1 is 1.04 bits per heavy atom. The second kappa shape index (κ2) is 7.02. The van der Waals surface area contributed by atoms with Crippen LogP contribution in [0.25, 0.3) is 17.1 Å². The number of anilines is 1. The maximum absolute atomic E-state index is 12.9. The highest BCUT2D eigenvalue weighted by Gasteiger charge is 2.19. The Morgan fingerprint density at radius 2 is 1.81 bits per heavy atom. The topological polar surface area (TPSA) is 83.8 Å². The van der Waals surface area contributed by atoms with E-state index >= 15 is 0 Å². The predicted molar refractivity (Wildman–Crippen MR) is 100 cm³/mol. The SMILES string of the molecule is N#Cc1ccc(NC(=O)c2cc(-c3ccco3)nn2-c2ccccc2)cc1. The molecule has 2 aromatic carbocycles. The minimum Gasteiger partial charge on any atom is -0.463 e. The van der Waals surface area contributed by atoms with Crippen LogP contribution in [-0.2, 0) is 0 Å². The van der Waals surface area contributed by atoms with Gasteiger partial charge < -0.3 is 9.73 Å². The van der Waals surface area contributed by atoms with Crippen LogP contribution >= 0.6 is 0 Å². The van der Waals surface area contributed by atoms with E-state index in [2.05, 4.69) is 16.5 Å². The standard InChI is InChI=1S/C21H14N4O2/c22-14-15-8-10-16(11-9-15)23-21(26)19-13-18(20-7-4-12-27-20)24-25(19)17-5-2-1-3-6-17/h1-13H,(H,23,26). The van der Waals surface area contributed by atoms with Crippen LogP contribution in [0.3, 0.4) is 0 Å². The highest BCUT2D eigenvalue weighted by atomic mass is 16.3. The normalized spacial score (nSPS) is 10.3. The fraction of sp³-hybridized carbons (Fsp3) is 0. The minimum atomic E-state index is -0.311. The molecule has 0 fully saturated rings. The summed E-state index contributed by atoms with van der Waals surface area (Å²) in [7, 11) is 0. The summed E-state index contributed by atoms with van der Waals surface area (Å²) >= 11 is 0. The zero-order chi connectivity index (χ0) is 18.6. The van der Waals surface area contributed by atoms with Crippen LogP contribution in [-0.4, -0.2) is 15.7 Å². The molecule has 27 heavy (non-hydrogen) atoms. The molecule has 0 unspecified atom stereocenters. The van der Waals surface area contributed by atoms with Gasteiger partial charge >= 0.3 is 0 Å². The average Bonchev–Trinajstić information content (AvgIpc) is 3.39. The van der Waals surface area contributed by atoms with Gasteiger partial charge in [0.15, 0.2) is 5.76 Å². The zero-order valence-electron chi connectivity index (χ0n) is 14.2. The van der Waals surface area contributed by atoms with Gasteiger partial charge in [0.05, 0.1) is 23.6 Å². The minimum absolute atomic E-state index is 0.311. The molecule has 2 aromatic heterocycles. The van der Waals surface area contributed by atoms with Gasteiger partial charge in [-0.15, -0.1) is 0 Å². The van der Waals surface area contributed by atoms with Gasteiger partial charge in [-0.25, -0.2) is 4.68 Å². The number of nitriles is 1. The van der Waals surface area contributed by atoms with Crippen molar-refractivity contribution in [1.29, 1.82) is 5.26 Å². The lowest BCUT2D eigenvalue weighted by molar-refractivity contribution is 0.101. The zero-order valence-corrected chi connectivity index (χ0v) is 14.2. The van der Waals surface area contributed by atoms with Crippen LogP contribution in [0.15, 0.2) is 83.5 Å². The number of hydrogen-bond donors (Lipinski definition) is 1. The van der Waals surface area contributed by atoms with Gasteiger partial charge in [0.2, 0.25) is 0 Å². The van der Waals surface area contributed by atoms with Gasteiger partial charge in [0, 0.05) is 11.8 Å². The largest absolute Gasteiger partial charge is 0.463 e. The number of furan rings is 1. The number of nitrogens with zero attached hydrogens (tertiary/aromatic N) is 3. The molecule has 4 aromatic rings. The summed E-state index contributed by atoms with van der Waals surface area (Å²) < 4.78 is 6.99.